The number of rotatable bonds is 4. The Labute approximate surface area is 178 Å². The molecule has 1 atom stereocenters. The maximum absolute atomic E-state index is 5.50. The summed E-state index contributed by atoms with van der Waals surface area (Å²) in [6, 6.07) is 0. The standard InChI is InChI=1S/C19H28N6O.HI/c1-13-8-21-17(14(2)18(13)26-5)10-22-19(20-3)25-7-6-15(12-25)16-9-23-24(4)11-16;/h8-9,11,15H,6-7,10,12H2,1-5H3,(H,20,22);1H. The van der Waals surface area contributed by atoms with Gasteiger partial charge in [0, 0.05) is 56.6 Å². The van der Waals surface area contributed by atoms with Crippen LogP contribution in [0.1, 0.15) is 34.7 Å². The first-order chi connectivity index (χ1) is 12.5. The summed E-state index contributed by atoms with van der Waals surface area (Å²) < 4.78 is 7.36. The molecule has 3 heterocycles. The first-order valence-corrected chi connectivity index (χ1v) is 8.96. The lowest BCUT2D eigenvalue weighted by Crippen LogP contribution is -2.39. The van der Waals surface area contributed by atoms with Gasteiger partial charge in [-0.1, -0.05) is 0 Å². The van der Waals surface area contributed by atoms with Crippen molar-refractivity contribution in [2.75, 3.05) is 27.2 Å². The smallest absolute Gasteiger partial charge is 0.193 e. The number of guanidine groups is 1. The highest BCUT2D eigenvalue weighted by Crippen LogP contribution is 2.27. The van der Waals surface area contributed by atoms with Crippen LogP contribution in [0.2, 0.25) is 0 Å². The van der Waals surface area contributed by atoms with Gasteiger partial charge in [0.1, 0.15) is 5.75 Å². The number of pyridine rings is 1. The van der Waals surface area contributed by atoms with Gasteiger partial charge in [0.05, 0.1) is 25.5 Å². The van der Waals surface area contributed by atoms with Crippen LogP contribution < -0.4 is 10.1 Å². The fourth-order valence-corrected chi connectivity index (χ4v) is 3.62. The molecule has 148 valence electrons. The topological polar surface area (TPSA) is 67.6 Å². The molecule has 0 saturated carbocycles. The van der Waals surface area contributed by atoms with Crippen LogP contribution in [0.5, 0.6) is 5.75 Å². The molecule has 1 aliphatic heterocycles. The molecule has 3 rings (SSSR count). The van der Waals surface area contributed by atoms with Crippen LogP contribution >= 0.6 is 24.0 Å². The van der Waals surface area contributed by atoms with Crippen molar-refractivity contribution in [1.29, 1.82) is 0 Å². The molecule has 0 spiro atoms. The minimum atomic E-state index is 0. The summed E-state index contributed by atoms with van der Waals surface area (Å²) in [7, 11) is 5.49. The van der Waals surface area contributed by atoms with Crippen LogP contribution in [0, 0.1) is 13.8 Å². The average Bonchev–Trinajstić information content (AvgIpc) is 3.27. The number of hydrogen-bond donors (Lipinski definition) is 1. The van der Waals surface area contributed by atoms with Gasteiger partial charge in [-0.15, -0.1) is 24.0 Å². The normalized spacial score (nSPS) is 17.0. The van der Waals surface area contributed by atoms with Gasteiger partial charge in [0.25, 0.3) is 0 Å². The maximum Gasteiger partial charge on any atom is 0.193 e. The van der Waals surface area contributed by atoms with Crippen molar-refractivity contribution >= 4 is 29.9 Å². The van der Waals surface area contributed by atoms with E-state index in [-0.39, 0.29) is 24.0 Å². The molecule has 27 heavy (non-hydrogen) atoms. The number of aliphatic imine (C=N–C) groups is 1. The molecule has 0 radical (unpaired) electrons. The van der Waals surface area contributed by atoms with E-state index in [9.17, 15) is 0 Å². The molecule has 1 aliphatic rings. The summed E-state index contributed by atoms with van der Waals surface area (Å²) in [5.74, 6) is 2.32. The molecule has 0 bridgehead atoms. The second-order valence-electron chi connectivity index (χ2n) is 6.83. The van der Waals surface area contributed by atoms with E-state index in [0.717, 1.165) is 48.0 Å². The van der Waals surface area contributed by atoms with E-state index in [1.165, 1.54) is 5.56 Å². The van der Waals surface area contributed by atoms with E-state index in [1.54, 1.807) is 7.11 Å². The summed E-state index contributed by atoms with van der Waals surface area (Å²) in [6.45, 7) is 6.63. The van der Waals surface area contributed by atoms with E-state index in [0.29, 0.717) is 12.5 Å². The first kappa shape index (κ1) is 21.5. The third kappa shape index (κ3) is 4.72. The van der Waals surface area contributed by atoms with Crippen LogP contribution in [0.3, 0.4) is 0 Å². The van der Waals surface area contributed by atoms with Crippen molar-refractivity contribution in [3.8, 4) is 5.75 Å². The zero-order chi connectivity index (χ0) is 18.7. The van der Waals surface area contributed by atoms with Crippen LogP contribution in [-0.4, -0.2) is 52.9 Å². The van der Waals surface area contributed by atoms with Crippen LogP contribution in [-0.2, 0) is 13.6 Å². The molecule has 0 aliphatic carbocycles. The van der Waals surface area contributed by atoms with Gasteiger partial charge < -0.3 is 15.0 Å². The predicted octanol–water partition coefficient (Wildman–Crippen LogP) is 2.62. The fraction of sp³-hybridized carbons (Fsp3) is 0.526. The molecule has 2 aromatic heterocycles. The number of nitrogens with zero attached hydrogens (tertiary/aromatic N) is 5. The number of ether oxygens (including phenoxy) is 1. The molecule has 1 saturated heterocycles. The number of aromatic nitrogens is 3. The molecule has 1 fully saturated rings. The zero-order valence-electron chi connectivity index (χ0n) is 16.7. The van der Waals surface area contributed by atoms with Gasteiger partial charge in [-0.2, -0.15) is 5.10 Å². The molecule has 1 unspecified atom stereocenters. The highest BCUT2D eigenvalue weighted by Gasteiger charge is 2.27. The van der Waals surface area contributed by atoms with E-state index in [4.69, 9.17) is 4.74 Å². The second-order valence-corrected chi connectivity index (χ2v) is 6.83. The number of aryl methyl sites for hydroxylation is 2. The number of halogens is 1. The molecule has 2 aromatic rings. The molecule has 1 N–H and O–H groups in total. The summed E-state index contributed by atoms with van der Waals surface area (Å²) >= 11 is 0. The molecular formula is C19H29IN6O. The maximum atomic E-state index is 5.50. The number of likely N-dealkylation sites (tertiary alicyclic amines) is 1. The second kappa shape index (κ2) is 9.38. The lowest BCUT2D eigenvalue weighted by molar-refractivity contribution is 0.406. The van der Waals surface area contributed by atoms with E-state index in [1.807, 2.05) is 45.0 Å². The molecule has 0 aromatic carbocycles. The third-order valence-corrected chi connectivity index (χ3v) is 5.06. The lowest BCUT2D eigenvalue weighted by atomic mass is 10.0. The SMILES string of the molecule is CN=C(NCc1ncc(C)c(OC)c1C)N1CCC(c2cnn(C)c2)C1.I. The molecular weight excluding hydrogens is 455 g/mol. The molecule has 0 amide bonds. The minimum absolute atomic E-state index is 0. The average molecular weight is 484 g/mol. The summed E-state index contributed by atoms with van der Waals surface area (Å²) in [5.41, 5.74) is 4.41. The van der Waals surface area contributed by atoms with Crippen LogP contribution in [0.25, 0.3) is 0 Å². The van der Waals surface area contributed by atoms with Crippen LogP contribution in [0.4, 0.5) is 0 Å². The molecule has 8 heteroatoms. The zero-order valence-corrected chi connectivity index (χ0v) is 19.0. The Morgan fingerprint density at radius 1 is 1.37 bits per heavy atom. The number of nitrogens with one attached hydrogen (secondary N) is 1. The van der Waals surface area contributed by atoms with Crippen molar-refractivity contribution in [1.82, 2.24) is 25.0 Å². The Kier molecular flexibility index (Phi) is 7.46. The molecule has 7 nitrogen and oxygen atoms in total. The van der Waals surface area contributed by atoms with Crippen molar-refractivity contribution in [2.45, 2.75) is 32.7 Å². The monoisotopic (exact) mass is 484 g/mol. The van der Waals surface area contributed by atoms with E-state index < -0.39 is 0 Å². The van der Waals surface area contributed by atoms with E-state index in [2.05, 4.69) is 31.5 Å². The van der Waals surface area contributed by atoms with Gasteiger partial charge in [-0.05, 0) is 25.8 Å². The predicted molar refractivity (Wildman–Crippen MR) is 118 cm³/mol. The van der Waals surface area contributed by atoms with Gasteiger partial charge in [-0.3, -0.25) is 14.7 Å². The highest BCUT2D eigenvalue weighted by atomic mass is 127. The summed E-state index contributed by atoms with van der Waals surface area (Å²) in [5, 5.41) is 7.75. The first-order valence-electron chi connectivity index (χ1n) is 8.96. The Balaban J connectivity index is 0.00000261. The Bertz CT molecular complexity index is 803. The van der Waals surface area contributed by atoms with Gasteiger partial charge >= 0.3 is 0 Å². The van der Waals surface area contributed by atoms with Crippen molar-refractivity contribution in [3.05, 3.63) is 41.0 Å². The Morgan fingerprint density at radius 3 is 2.78 bits per heavy atom. The largest absolute Gasteiger partial charge is 0.496 e. The van der Waals surface area contributed by atoms with E-state index >= 15 is 0 Å². The van der Waals surface area contributed by atoms with Crippen LogP contribution in [0.15, 0.2) is 23.6 Å². The summed E-state index contributed by atoms with van der Waals surface area (Å²) in [4.78, 5) is 11.3. The van der Waals surface area contributed by atoms with Gasteiger partial charge in [0.15, 0.2) is 5.96 Å². The highest BCUT2D eigenvalue weighted by molar-refractivity contribution is 14.0. The summed E-state index contributed by atoms with van der Waals surface area (Å²) in [6.07, 6.45) is 7.05. The minimum Gasteiger partial charge on any atom is -0.496 e. The quantitative estimate of drug-likeness (QED) is 0.411. The van der Waals surface area contributed by atoms with Gasteiger partial charge in [-0.25, -0.2) is 0 Å². The van der Waals surface area contributed by atoms with Crippen molar-refractivity contribution < 1.29 is 4.74 Å². The van der Waals surface area contributed by atoms with Gasteiger partial charge in [0.2, 0.25) is 0 Å². The van der Waals surface area contributed by atoms with Crippen molar-refractivity contribution in [3.63, 3.8) is 0 Å². The third-order valence-electron chi connectivity index (χ3n) is 5.06. The Morgan fingerprint density at radius 2 is 2.15 bits per heavy atom. The number of methoxy groups -OCH3 is 1. The fourth-order valence-electron chi connectivity index (χ4n) is 3.62. The lowest BCUT2D eigenvalue weighted by Gasteiger charge is -2.22. The number of hydrogen-bond acceptors (Lipinski definition) is 4. The van der Waals surface area contributed by atoms with Crippen molar-refractivity contribution in [2.24, 2.45) is 12.0 Å². The Hall–Kier alpha value is -1.84.